The van der Waals surface area contributed by atoms with Crippen LogP contribution >= 0.6 is 0 Å². The molecule has 0 aliphatic rings. The summed E-state index contributed by atoms with van der Waals surface area (Å²) in [7, 11) is 0. The maximum Gasteiger partial charge on any atom is 0.270 e. The van der Waals surface area contributed by atoms with Crippen LogP contribution in [0.1, 0.15) is 54.0 Å². The normalized spacial score (nSPS) is 10.2. The second-order valence-electron chi connectivity index (χ2n) is 5.49. The summed E-state index contributed by atoms with van der Waals surface area (Å²) >= 11 is 0. The van der Waals surface area contributed by atoms with Gasteiger partial charge in [0.15, 0.2) is 5.78 Å². The minimum Gasteiger partial charge on any atom is -0.351 e. The first-order valence-electron chi connectivity index (χ1n) is 8.09. The first kappa shape index (κ1) is 17.6. The molecule has 1 aromatic carbocycles. The molecule has 0 saturated carbocycles. The summed E-state index contributed by atoms with van der Waals surface area (Å²) in [6.07, 6.45) is 4.68. The molecule has 6 nitrogen and oxygen atoms in total. The summed E-state index contributed by atoms with van der Waals surface area (Å²) in [6, 6.07) is 8.64. The highest BCUT2D eigenvalue weighted by Crippen LogP contribution is 2.15. The van der Waals surface area contributed by atoms with E-state index in [0.717, 1.165) is 19.3 Å². The van der Waals surface area contributed by atoms with Crippen molar-refractivity contribution in [1.29, 1.82) is 0 Å². The zero-order valence-corrected chi connectivity index (χ0v) is 14.0. The van der Waals surface area contributed by atoms with Crippen LogP contribution in [0, 0.1) is 0 Å². The lowest BCUT2D eigenvalue weighted by molar-refractivity contribution is 0.0947. The number of hydrogen-bond acceptors (Lipinski definition) is 5. The molecular formula is C18H22N4O2. The zero-order chi connectivity index (χ0) is 17.4. The summed E-state index contributed by atoms with van der Waals surface area (Å²) in [5.74, 6) is 0.0886. The van der Waals surface area contributed by atoms with Crippen LogP contribution in [-0.2, 0) is 0 Å². The van der Waals surface area contributed by atoms with Crippen LogP contribution < -0.4 is 10.6 Å². The minimum atomic E-state index is -0.214. The second kappa shape index (κ2) is 8.76. The topological polar surface area (TPSA) is 84.0 Å². The molecule has 1 aromatic heterocycles. The molecule has 1 amide bonds. The number of unbranched alkanes of at least 4 members (excludes halogenated alkanes) is 2. The molecule has 0 atom stereocenters. The van der Waals surface area contributed by atoms with Gasteiger partial charge in [0.1, 0.15) is 5.69 Å². The molecular weight excluding hydrogens is 304 g/mol. The molecule has 6 heteroatoms. The van der Waals surface area contributed by atoms with Gasteiger partial charge in [-0.05, 0) is 31.5 Å². The van der Waals surface area contributed by atoms with E-state index >= 15 is 0 Å². The largest absolute Gasteiger partial charge is 0.351 e. The van der Waals surface area contributed by atoms with Gasteiger partial charge in [0, 0.05) is 24.0 Å². The van der Waals surface area contributed by atoms with Crippen molar-refractivity contribution in [2.75, 3.05) is 11.9 Å². The SMILES string of the molecule is CCCCCNC(=O)c1ccnc(Nc2cccc(C(C)=O)c2)n1. The van der Waals surface area contributed by atoms with E-state index in [9.17, 15) is 9.59 Å². The van der Waals surface area contributed by atoms with Gasteiger partial charge in [0.25, 0.3) is 5.91 Å². The van der Waals surface area contributed by atoms with Gasteiger partial charge in [-0.3, -0.25) is 9.59 Å². The predicted octanol–water partition coefficient (Wildman–Crippen LogP) is 3.34. The number of hydrogen-bond donors (Lipinski definition) is 2. The average Bonchev–Trinajstić information content (AvgIpc) is 2.59. The highest BCUT2D eigenvalue weighted by molar-refractivity contribution is 5.95. The minimum absolute atomic E-state index is 0.0141. The summed E-state index contributed by atoms with van der Waals surface area (Å²) in [5.41, 5.74) is 1.61. The predicted molar refractivity (Wildman–Crippen MR) is 93.6 cm³/mol. The number of Topliss-reactive ketones (excluding diaryl/α,β-unsaturated/α-hetero) is 1. The third-order valence-corrected chi connectivity index (χ3v) is 3.48. The lowest BCUT2D eigenvalue weighted by atomic mass is 10.1. The summed E-state index contributed by atoms with van der Waals surface area (Å²) in [5, 5.41) is 5.86. The van der Waals surface area contributed by atoms with Crippen LogP contribution in [0.4, 0.5) is 11.6 Å². The molecule has 0 aliphatic carbocycles. The lowest BCUT2D eigenvalue weighted by Gasteiger charge is -2.08. The Morgan fingerprint density at radius 2 is 2.00 bits per heavy atom. The molecule has 0 aliphatic heterocycles. The summed E-state index contributed by atoms with van der Waals surface area (Å²) < 4.78 is 0. The molecule has 0 saturated heterocycles. The molecule has 2 rings (SSSR count). The van der Waals surface area contributed by atoms with Gasteiger partial charge in [0.05, 0.1) is 0 Å². The van der Waals surface area contributed by atoms with Crippen molar-refractivity contribution >= 4 is 23.3 Å². The van der Waals surface area contributed by atoms with Crippen LogP contribution in [0.2, 0.25) is 0 Å². The highest BCUT2D eigenvalue weighted by atomic mass is 16.1. The highest BCUT2D eigenvalue weighted by Gasteiger charge is 2.09. The molecule has 0 spiro atoms. The maximum absolute atomic E-state index is 12.1. The van der Waals surface area contributed by atoms with Gasteiger partial charge in [-0.15, -0.1) is 0 Å². The zero-order valence-electron chi connectivity index (χ0n) is 14.0. The van der Waals surface area contributed by atoms with Gasteiger partial charge in [-0.1, -0.05) is 31.9 Å². The molecule has 0 radical (unpaired) electrons. The smallest absolute Gasteiger partial charge is 0.270 e. The summed E-state index contributed by atoms with van der Waals surface area (Å²) in [4.78, 5) is 31.8. The Morgan fingerprint density at radius 1 is 1.17 bits per heavy atom. The van der Waals surface area contributed by atoms with E-state index in [-0.39, 0.29) is 11.7 Å². The first-order chi connectivity index (χ1) is 11.6. The van der Waals surface area contributed by atoms with E-state index in [1.807, 2.05) is 6.07 Å². The van der Waals surface area contributed by atoms with Crippen molar-refractivity contribution < 1.29 is 9.59 Å². The van der Waals surface area contributed by atoms with Gasteiger partial charge in [0.2, 0.25) is 5.95 Å². The fraction of sp³-hybridized carbons (Fsp3) is 0.333. The van der Waals surface area contributed by atoms with Crippen molar-refractivity contribution in [3.05, 3.63) is 47.8 Å². The van der Waals surface area contributed by atoms with E-state index in [1.54, 1.807) is 24.3 Å². The molecule has 0 unspecified atom stereocenters. The first-order valence-corrected chi connectivity index (χ1v) is 8.09. The van der Waals surface area contributed by atoms with E-state index < -0.39 is 0 Å². The third kappa shape index (κ3) is 5.15. The number of nitrogens with one attached hydrogen (secondary N) is 2. The van der Waals surface area contributed by atoms with E-state index in [1.165, 1.54) is 13.1 Å². The fourth-order valence-electron chi connectivity index (χ4n) is 2.16. The Hall–Kier alpha value is -2.76. The number of aromatic nitrogens is 2. The fourth-order valence-corrected chi connectivity index (χ4v) is 2.16. The average molecular weight is 326 g/mol. The summed E-state index contributed by atoms with van der Waals surface area (Å²) in [6.45, 7) is 4.27. The number of anilines is 2. The van der Waals surface area contributed by atoms with Crippen molar-refractivity contribution in [3.8, 4) is 0 Å². The van der Waals surface area contributed by atoms with Crippen molar-refractivity contribution in [1.82, 2.24) is 15.3 Å². The molecule has 126 valence electrons. The molecule has 0 bridgehead atoms. The van der Waals surface area contributed by atoms with Gasteiger partial charge in [-0.2, -0.15) is 0 Å². The number of carbonyl (C=O) groups excluding carboxylic acids is 2. The van der Waals surface area contributed by atoms with Gasteiger partial charge in [-0.25, -0.2) is 9.97 Å². The monoisotopic (exact) mass is 326 g/mol. The van der Waals surface area contributed by atoms with Crippen LogP contribution in [0.3, 0.4) is 0 Å². The van der Waals surface area contributed by atoms with Crippen molar-refractivity contribution in [2.24, 2.45) is 0 Å². The number of amides is 1. The molecule has 1 heterocycles. The van der Waals surface area contributed by atoms with Crippen LogP contribution in [0.15, 0.2) is 36.5 Å². The Morgan fingerprint density at radius 3 is 2.75 bits per heavy atom. The lowest BCUT2D eigenvalue weighted by Crippen LogP contribution is -2.25. The molecule has 24 heavy (non-hydrogen) atoms. The van der Waals surface area contributed by atoms with Crippen molar-refractivity contribution in [2.45, 2.75) is 33.1 Å². The quantitative estimate of drug-likeness (QED) is 0.574. The molecule has 2 aromatic rings. The standard InChI is InChI=1S/C18H22N4O2/c1-3-4-5-10-19-17(24)16-9-11-20-18(22-16)21-15-8-6-7-14(12-15)13(2)23/h6-9,11-12H,3-5,10H2,1-2H3,(H,19,24)(H,20,21,22). The van der Waals surface area contributed by atoms with E-state index in [0.29, 0.717) is 29.4 Å². The van der Waals surface area contributed by atoms with Crippen LogP contribution in [0.25, 0.3) is 0 Å². The van der Waals surface area contributed by atoms with Gasteiger partial charge < -0.3 is 10.6 Å². The van der Waals surface area contributed by atoms with E-state index in [4.69, 9.17) is 0 Å². The number of ketones is 1. The van der Waals surface area contributed by atoms with Gasteiger partial charge >= 0.3 is 0 Å². The Labute approximate surface area is 141 Å². The third-order valence-electron chi connectivity index (χ3n) is 3.48. The Bertz CT molecular complexity index is 716. The Balaban J connectivity index is 2.03. The van der Waals surface area contributed by atoms with Crippen LogP contribution in [-0.4, -0.2) is 28.2 Å². The molecule has 2 N–H and O–H groups in total. The number of rotatable bonds is 8. The maximum atomic E-state index is 12.1. The van der Waals surface area contributed by atoms with Crippen LogP contribution in [0.5, 0.6) is 0 Å². The Kier molecular flexibility index (Phi) is 6.42. The number of benzene rings is 1. The number of nitrogens with zero attached hydrogens (tertiary/aromatic N) is 2. The van der Waals surface area contributed by atoms with Crippen molar-refractivity contribution in [3.63, 3.8) is 0 Å². The van der Waals surface area contributed by atoms with E-state index in [2.05, 4.69) is 27.5 Å². The molecule has 0 fully saturated rings. The number of carbonyl (C=O) groups is 2. The second-order valence-corrected chi connectivity index (χ2v) is 5.49.